The number of benzene rings is 1. The summed E-state index contributed by atoms with van der Waals surface area (Å²) < 4.78 is 0. The average molecular weight is 257 g/mol. The van der Waals surface area contributed by atoms with Crippen LogP contribution in [-0.4, -0.2) is 30.6 Å². The summed E-state index contributed by atoms with van der Waals surface area (Å²) >= 11 is 0. The third kappa shape index (κ3) is 3.71. The van der Waals surface area contributed by atoms with Gasteiger partial charge in [0.2, 0.25) is 0 Å². The number of likely N-dealkylation sites (tertiary alicyclic amines) is 1. The van der Waals surface area contributed by atoms with Crippen LogP contribution in [0.25, 0.3) is 0 Å². The largest absolute Gasteiger partial charge is 0.383 e. The van der Waals surface area contributed by atoms with Gasteiger partial charge in [0.05, 0.1) is 11.6 Å². The van der Waals surface area contributed by atoms with Crippen molar-refractivity contribution in [2.75, 3.05) is 25.0 Å². The highest BCUT2D eigenvalue weighted by Crippen LogP contribution is 2.17. The second-order valence-corrected chi connectivity index (χ2v) is 5.47. The van der Waals surface area contributed by atoms with Crippen molar-refractivity contribution in [3.05, 3.63) is 29.3 Å². The first-order chi connectivity index (χ1) is 9.20. The van der Waals surface area contributed by atoms with Gasteiger partial charge in [-0.1, -0.05) is 6.42 Å². The second kappa shape index (κ2) is 6.58. The van der Waals surface area contributed by atoms with Crippen molar-refractivity contribution in [2.45, 2.75) is 39.2 Å². The number of rotatable bonds is 4. The molecular weight excluding hydrogens is 234 g/mol. The SMILES string of the molecule is Cc1cc(C#N)ccc1NCC(C)N1CCCCC1. The Kier molecular flexibility index (Phi) is 4.81. The molecular formula is C16H23N3. The summed E-state index contributed by atoms with van der Waals surface area (Å²) in [5.74, 6) is 0. The molecule has 0 aromatic heterocycles. The van der Waals surface area contributed by atoms with Crippen LogP contribution in [0.3, 0.4) is 0 Å². The van der Waals surface area contributed by atoms with Gasteiger partial charge in [0, 0.05) is 18.3 Å². The summed E-state index contributed by atoms with van der Waals surface area (Å²) in [6.45, 7) is 7.77. The third-order valence-corrected chi connectivity index (χ3v) is 3.96. The molecule has 1 aliphatic heterocycles. The maximum absolute atomic E-state index is 8.86. The van der Waals surface area contributed by atoms with Gasteiger partial charge in [0.1, 0.15) is 0 Å². The van der Waals surface area contributed by atoms with Crippen LogP contribution in [0.15, 0.2) is 18.2 Å². The zero-order chi connectivity index (χ0) is 13.7. The number of nitriles is 1. The van der Waals surface area contributed by atoms with Crippen LogP contribution in [0.4, 0.5) is 5.69 Å². The number of aryl methyl sites for hydroxylation is 1. The van der Waals surface area contributed by atoms with E-state index in [1.54, 1.807) is 0 Å². The lowest BCUT2D eigenvalue weighted by molar-refractivity contribution is 0.180. The van der Waals surface area contributed by atoms with Gasteiger partial charge in [-0.25, -0.2) is 0 Å². The van der Waals surface area contributed by atoms with Crippen LogP contribution in [-0.2, 0) is 0 Å². The van der Waals surface area contributed by atoms with Crippen molar-refractivity contribution in [3.8, 4) is 6.07 Å². The van der Waals surface area contributed by atoms with E-state index in [1.807, 2.05) is 18.2 Å². The smallest absolute Gasteiger partial charge is 0.0991 e. The van der Waals surface area contributed by atoms with Gasteiger partial charge in [0.15, 0.2) is 0 Å². The molecule has 1 atom stereocenters. The van der Waals surface area contributed by atoms with Crippen LogP contribution >= 0.6 is 0 Å². The molecule has 1 aromatic rings. The molecule has 1 fully saturated rings. The van der Waals surface area contributed by atoms with E-state index in [1.165, 1.54) is 32.4 Å². The summed E-state index contributed by atoms with van der Waals surface area (Å²) in [6.07, 6.45) is 4.05. The molecule has 0 spiro atoms. The quantitative estimate of drug-likeness (QED) is 0.900. The van der Waals surface area contributed by atoms with Gasteiger partial charge in [-0.3, -0.25) is 4.90 Å². The minimum Gasteiger partial charge on any atom is -0.383 e. The van der Waals surface area contributed by atoms with Crippen LogP contribution in [0.1, 0.15) is 37.3 Å². The fraction of sp³-hybridized carbons (Fsp3) is 0.562. The molecule has 1 unspecified atom stereocenters. The molecule has 3 heteroatoms. The summed E-state index contributed by atoms with van der Waals surface area (Å²) in [6, 6.07) is 8.57. The van der Waals surface area contributed by atoms with E-state index in [2.05, 4.69) is 30.1 Å². The molecule has 0 aliphatic carbocycles. The molecule has 2 rings (SSSR count). The third-order valence-electron chi connectivity index (χ3n) is 3.96. The Morgan fingerprint density at radius 3 is 2.68 bits per heavy atom. The minimum absolute atomic E-state index is 0.565. The number of nitrogens with one attached hydrogen (secondary N) is 1. The fourth-order valence-electron chi connectivity index (χ4n) is 2.68. The number of hydrogen-bond donors (Lipinski definition) is 1. The van der Waals surface area contributed by atoms with Crippen LogP contribution in [0.2, 0.25) is 0 Å². The first-order valence-corrected chi connectivity index (χ1v) is 7.19. The molecule has 0 amide bonds. The summed E-state index contributed by atoms with van der Waals surface area (Å²) in [5, 5.41) is 12.4. The van der Waals surface area contributed by atoms with Crippen molar-refractivity contribution < 1.29 is 0 Å². The van der Waals surface area contributed by atoms with E-state index in [9.17, 15) is 0 Å². The van der Waals surface area contributed by atoms with Crippen molar-refractivity contribution >= 4 is 5.69 Å². The molecule has 3 nitrogen and oxygen atoms in total. The highest BCUT2D eigenvalue weighted by molar-refractivity contribution is 5.54. The van der Waals surface area contributed by atoms with Gasteiger partial charge in [0.25, 0.3) is 0 Å². The average Bonchev–Trinajstić information content (AvgIpc) is 2.46. The molecule has 1 N–H and O–H groups in total. The highest BCUT2D eigenvalue weighted by atomic mass is 15.2. The molecule has 0 radical (unpaired) electrons. The van der Waals surface area contributed by atoms with E-state index in [0.29, 0.717) is 6.04 Å². The van der Waals surface area contributed by atoms with E-state index in [0.717, 1.165) is 23.4 Å². The standard InChI is InChI=1S/C16H23N3/c1-13-10-15(11-17)6-7-16(13)18-12-14(2)19-8-4-3-5-9-19/h6-7,10,14,18H,3-5,8-9,12H2,1-2H3. The Balaban J connectivity index is 1.89. The normalized spacial score (nSPS) is 17.7. The maximum atomic E-state index is 8.86. The Hall–Kier alpha value is -1.53. The lowest BCUT2D eigenvalue weighted by Gasteiger charge is -2.32. The number of hydrogen-bond acceptors (Lipinski definition) is 3. The van der Waals surface area contributed by atoms with E-state index < -0.39 is 0 Å². The lowest BCUT2D eigenvalue weighted by Crippen LogP contribution is -2.41. The van der Waals surface area contributed by atoms with Gasteiger partial charge in [-0.05, 0) is 63.5 Å². The number of anilines is 1. The van der Waals surface area contributed by atoms with Gasteiger partial charge >= 0.3 is 0 Å². The van der Waals surface area contributed by atoms with E-state index >= 15 is 0 Å². The Morgan fingerprint density at radius 2 is 2.05 bits per heavy atom. The predicted octanol–water partition coefficient (Wildman–Crippen LogP) is 3.15. The van der Waals surface area contributed by atoms with Crippen molar-refractivity contribution in [3.63, 3.8) is 0 Å². The maximum Gasteiger partial charge on any atom is 0.0991 e. The monoisotopic (exact) mass is 257 g/mol. The molecule has 1 aromatic carbocycles. The Morgan fingerprint density at radius 1 is 1.32 bits per heavy atom. The van der Waals surface area contributed by atoms with E-state index in [4.69, 9.17) is 5.26 Å². The van der Waals surface area contributed by atoms with Crippen LogP contribution in [0, 0.1) is 18.3 Å². The minimum atomic E-state index is 0.565. The van der Waals surface area contributed by atoms with Crippen LogP contribution in [0.5, 0.6) is 0 Å². The summed E-state index contributed by atoms with van der Waals surface area (Å²) in [5.41, 5.74) is 3.01. The van der Waals surface area contributed by atoms with Gasteiger partial charge in [-0.15, -0.1) is 0 Å². The molecule has 1 aliphatic rings. The zero-order valence-electron chi connectivity index (χ0n) is 11.9. The van der Waals surface area contributed by atoms with E-state index in [-0.39, 0.29) is 0 Å². The second-order valence-electron chi connectivity index (χ2n) is 5.47. The van der Waals surface area contributed by atoms with Crippen molar-refractivity contribution in [1.82, 2.24) is 4.90 Å². The van der Waals surface area contributed by atoms with Crippen LogP contribution < -0.4 is 5.32 Å². The Labute approximate surface area is 116 Å². The molecule has 0 bridgehead atoms. The summed E-state index contributed by atoms with van der Waals surface area (Å²) in [4.78, 5) is 2.56. The lowest BCUT2D eigenvalue weighted by atomic mass is 10.1. The molecule has 0 saturated carbocycles. The zero-order valence-corrected chi connectivity index (χ0v) is 11.9. The predicted molar refractivity (Wildman–Crippen MR) is 79.3 cm³/mol. The molecule has 19 heavy (non-hydrogen) atoms. The fourth-order valence-corrected chi connectivity index (χ4v) is 2.68. The molecule has 1 saturated heterocycles. The van der Waals surface area contributed by atoms with Crippen molar-refractivity contribution in [2.24, 2.45) is 0 Å². The molecule has 1 heterocycles. The van der Waals surface area contributed by atoms with Gasteiger partial charge in [-0.2, -0.15) is 5.26 Å². The molecule has 102 valence electrons. The highest BCUT2D eigenvalue weighted by Gasteiger charge is 2.16. The Bertz CT molecular complexity index is 456. The summed E-state index contributed by atoms with van der Waals surface area (Å²) in [7, 11) is 0. The first kappa shape index (κ1) is 13.9. The van der Waals surface area contributed by atoms with Crippen molar-refractivity contribution in [1.29, 1.82) is 5.26 Å². The number of piperidine rings is 1. The van der Waals surface area contributed by atoms with Gasteiger partial charge < -0.3 is 5.32 Å². The number of nitrogens with zero attached hydrogens (tertiary/aromatic N) is 2. The first-order valence-electron chi connectivity index (χ1n) is 7.19. The topological polar surface area (TPSA) is 39.1 Å².